The van der Waals surface area contributed by atoms with E-state index >= 15 is 0 Å². The van der Waals surface area contributed by atoms with E-state index in [1.54, 1.807) is 0 Å². The van der Waals surface area contributed by atoms with Gasteiger partial charge in [0.2, 0.25) is 0 Å². The van der Waals surface area contributed by atoms with Crippen molar-refractivity contribution in [3.8, 4) is 0 Å². The quantitative estimate of drug-likeness (QED) is 0.848. The molecular weight excluding hydrogens is 257 g/mol. The van der Waals surface area contributed by atoms with Crippen LogP contribution in [0.25, 0.3) is 0 Å². The first-order chi connectivity index (χ1) is 8.21. The third kappa shape index (κ3) is 1.97. The van der Waals surface area contributed by atoms with Gasteiger partial charge in [-0.05, 0) is 36.6 Å². The van der Waals surface area contributed by atoms with Crippen molar-refractivity contribution in [1.29, 1.82) is 0 Å². The minimum atomic E-state index is 0.273. The Labute approximate surface area is 111 Å². The van der Waals surface area contributed by atoms with Crippen LogP contribution in [-0.4, -0.2) is 26.3 Å². The second-order valence-corrected chi connectivity index (χ2v) is 5.86. The van der Waals surface area contributed by atoms with Gasteiger partial charge in [-0.2, -0.15) is 0 Å². The average molecular weight is 272 g/mol. The Bertz CT molecular complexity index is 431. The van der Waals surface area contributed by atoms with Crippen LogP contribution in [0.5, 0.6) is 0 Å². The van der Waals surface area contributed by atoms with E-state index in [1.165, 1.54) is 5.56 Å². The van der Waals surface area contributed by atoms with Crippen molar-refractivity contribution >= 4 is 23.2 Å². The molecule has 0 radical (unpaired) electrons. The summed E-state index contributed by atoms with van der Waals surface area (Å²) in [6.45, 7) is 3.81. The molecule has 2 aliphatic heterocycles. The van der Waals surface area contributed by atoms with Gasteiger partial charge < -0.3 is 10.1 Å². The van der Waals surface area contributed by atoms with Gasteiger partial charge in [0, 0.05) is 12.0 Å². The molecule has 2 aliphatic rings. The standard InChI is InChI=1S/C13H15Cl2NO/c14-11-2-1-9(5-12(11)15)10-3-4-16-6-13(10)7-17-8-13/h1-2,5,10,16H,3-4,6-8H2. The molecule has 0 bridgehead atoms. The molecule has 1 atom stereocenters. The molecule has 1 aromatic rings. The minimum absolute atomic E-state index is 0.273. The Morgan fingerprint density at radius 1 is 1.24 bits per heavy atom. The molecule has 3 rings (SSSR count). The lowest BCUT2D eigenvalue weighted by atomic mass is 9.67. The fourth-order valence-corrected chi connectivity index (χ4v) is 3.24. The Hall–Kier alpha value is -0.280. The van der Waals surface area contributed by atoms with Crippen molar-refractivity contribution in [3.05, 3.63) is 33.8 Å². The van der Waals surface area contributed by atoms with Gasteiger partial charge >= 0.3 is 0 Å². The van der Waals surface area contributed by atoms with E-state index in [0.717, 1.165) is 32.7 Å². The van der Waals surface area contributed by atoms with Crippen LogP contribution in [0.2, 0.25) is 10.0 Å². The highest BCUT2D eigenvalue weighted by atomic mass is 35.5. The van der Waals surface area contributed by atoms with Crippen molar-refractivity contribution in [2.75, 3.05) is 26.3 Å². The minimum Gasteiger partial charge on any atom is -0.380 e. The van der Waals surface area contributed by atoms with E-state index in [9.17, 15) is 0 Å². The molecule has 0 amide bonds. The van der Waals surface area contributed by atoms with Crippen molar-refractivity contribution < 1.29 is 4.74 Å². The largest absolute Gasteiger partial charge is 0.380 e. The number of piperidine rings is 1. The maximum Gasteiger partial charge on any atom is 0.0595 e. The zero-order chi connectivity index (χ0) is 11.9. The predicted octanol–water partition coefficient (Wildman–Crippen LogP) is 3.09. The second kappa shape index (κ2) is 4.43. The summed E-state index contributed by atoms with van der Waals surface area (Å²) in [6, 6.07) is 6.01. The number of hydrogen-bond donors (Lipinski definition) is 1. The van der Waals surface area contributed by atoms with Gasteiger partial charge in [-0.1, -0.05) is 29.3 Å². The summed E-state index contributed by atoms with van der Waals surface area (Å²) in [5.41, 5.74) is 1.57. The predicted molar refractivity (Wildman–Crippen MR) is 69.9 cm³/mol. The summed E-state index contributed by atoms with van der Waals surface area (Å²) in [5.74, 6) is 0.535. The van der Waals surface area contributed by atoms with Crippen LogP contribution in [0, 0.1) is 5.41 Å². The molecule has 4 heteroatoms. The van der Waals surface area contributed by atoms with E-state index in [0.29, 0.717) is 16.0 Å². The van der Waals surface area contributed by atoms with Gasteiger partial charge in [-0.25, -0.2) is 0 Å². The van der Waals surface area contributed by atoms with E-state index in [2.05, 4.69) is 11.4 Å². The van der Waals surface area contributed by atoms with Crippen LogP contribution < -0.4 is 5.32 Å². The second-order valence-electron chi connectivity index (χ2n) is 5.05. The van der Waals surface area contributed by atoms with Crippen LogP contribution in [0.15, 0.2) is 18.2 Å². The summed E-state index contributed by atoms with van der Waals surface area (Å²) in [4.78, 5) is 0. The van der Waals surface area contributed by atoms with Gasteiger partial charge in [0.25, 0.3) is 0 Å². The third-order valence-electron chi connectivity index (χ3n) is 3.95. The molecule has 1 unspecified atom stereocenters. The maximum absolute atomic E-state index is 6.11. The number of benzene rings is 1. The molecular formula is C13H15Cl2NO. The molecule has 17 heavy (non-hydrogen) atoms. The SMILES string of the molecule is Clc1ccc(C2CCNCC23COC3)cc1Cl. The van der Waals surface area contributed by atoms with Crippen LogP contribution in [-0.2, 0) is 4.74 Å². The molecule has 2 fully saturated rings. The topological polar surface area (TPSA) is 21.3 Å². The van der Waals surface area contributed by atoms with Crippen molar-refractivity contribution in [1.82, 2.24) is 5.32 Å². The first kappa shape index (κ1) is 11.8. The van der Waals surface area contributed by atoms with E-state index in [-0.39, 0.29) is 5.41 Å². The summed E-state index contributed by atoms with van der Waals surface area (Å²) in [6.07, 6.45) is 1.14. The lowest BCUT2D eigenvalue weighted by Crippen LogP contribution is -2.57. The van der Waals surface area contributed by atoms with Gasteiger partial charge in [-0.3, -0.25) is 0 Å². The zero-order valence-corrected chi connectivity index (χ0v) is 11.0. The molecule has 2 nitrogen and oxygen atoms in total. The van der Waals surface area contributed by atoms with Gasteiger partial charge in [0.15, 0.2) is 0 Å². The lowest BCUT2D eigenvalue weighted by Gasteiger charge is -2.50. The number of hydrogen-bond acceptors (Lipinski definition) is 2. The number of halogens is 2. The Morgan fingerprint density at radius 2 is 2.06 bits per heavy atom. The van der Waals surface area contributed by atoms with Crippen LogP contribution >= 0.6 is 23.2 Å². The monoisotopic (exact) mass is 271 g/mol. The van der Waals surface area contributed by atoms with Crippen LogP contribution in [0.1, 0.15) is 17.9 Å². The van der Waals surface area contributed by atoms with Gasteiger partial charge in [-0.15, -0.1) is 0 Å². The van der Waals surface area contributed by atoms with Gasteiger partial charge in [0.05, 0.1) is 23.3 Å². The van der Waals surface area contributed by atoms with Crippen LogP contribution in [0.4, 0.5) is 0 Å². The molecule has 1 spiro atoms. The Morgan fingerprint density at radius 3 is 2.71 bits per heavy atom. The lowest BCUT2D eigenvalue weighted by molar-refractivity contribution is -0.134. The fraction of sp³-hybridized carbons (Fsp3) is 0.538. The molecule has 2 heterocycles. The molecule has 0 aliphatic carbocycles. The van der Waals surface area contributed by atoms with Crippen molar-refractivity contribution in [2.24, 2.45) is 5.41 Å². The van der Waals surface area contributed by atoms with Gasteiger partial charge in [0.1, 0.15) is 0 Å². The van der Waals surface area contributed by atoms with E-state index < -0.39 is 0 Å². The Balaban J connectivity index is 1.93. The van der Waals surface area contributed by atoms with E-state index in [1.807, 2.05) is 12.1 Å². The molecule has 0 aromatic heterocycles. The van der Waals surface area contributed by atoms with Crippen LogP contribution in [0.3, 0.4) is 0 Å². The summed E-state index contributed by atoms with van der Waals surface area (Å²) >= 11 is 12.1. The Kier molecular flexibility index (Phi) is 3.07. The highest BCUT2D eigenvalue weighted by molar-refractivity contribution is 6.42. The molecule has 1 N–H and O–H groups in total. The van der Waals surface area contributed by atoms with E-state index in [4.69, 9.17) is 27.9 Å². The highest BCUT2D eigenvalue weighted by Gasteiger charge is 2.47. The third-order valence-corrected chi connectivity index (χ3v) is 4.69. The molecule has 1 aromatic carbocycles. The summed E-state index contributed by atoms with van der Waals surface area (Å²) in [5, 5.41) is 4.74. The highest BCUT2D eigenvalue weighted by Crippen LogP contribution is 2.46. The molecule has 2 saturated heterocycles. The maximum atomic E-state index is 6.11. The number of nitrogens with one attached hydrogen (secondary N) is 1. The summed E-state index contributed by atoms with van der Waals surface area (Å²) < 4.78 is 5.42. The first-order valence-corrected chi connectivity index (χ1v) is 6.70. The first-order valence-electron chi connectivity index (χ1n) is 5.95. The smallest absolute Gasteiger partial charge is 0.0595 e. The normalized spacial score (nSPS) is 26.8. The van der Waals surface area contributed by atoms with Crippen molar-refractivity contribution in [2.45, 2.75) is 12.3 Å². The molecule has 92 valence electrons. The summed E-state index contributed by atoms with van der Waals surface area (Å²) in [7, 11) is 0. The number of rotatable bonds is 1. The fourth-order valence-electron chi connectivity index (χ4n) is 2.93. The zero-order valence-electron chi connectivity index (χ0n) is 9.51. The molecule has 0 saturated carbocycles. The average Bonchev–Trinajstić information content (AvgIpc) is 2.31. The van der Waals surface area contributed by atoms with Crippen molar-refractivity contribution in [3.63, 3.8) is 0 Å². The number of ether oxygens (including phenoxy) is 1.